The van der Waals surface area contributed by atoms with Crippen molar-refractivity contribution < 1.29 is 4.74 Å². The molecule has 3 nitrogen and oxygen atoms in total. The Bertz CT molecular complexity index is 1410. The molecule has 0 spiro atoms. The Morgan fingerprint density at radius 2 is 1.51 bits per heavy atom. The fourth-order valence-electron chi connectivity index (χ4n) is 7.40. The Morgan fingerprint density at radius 3 is 2.20 bits per heavy atom. The second-order valence-corrected chi connectivity index (χ2v) is 13.1. The molecule has 218 valence electrons. The first-order valence-electron chi connectivity index (χ1n) is 15.4. The molecule has 4 heteroatoms. The summed E-state index contributed by atoms with van der Waals surface area (Å²) in [5.41, 5.74) is 8.23. The molecule has 0 aromatic heterocycles. The number of hydrogen-bond acceptors (Lipinski definition) is 3. The standard InChI is InChI=1S/C37H47ClN2O/c1-8-25-39-31-19-12-10-17-29(31)35(3,4)33(39)22-21-27-15-14-16-28(34(27)38)23-24-37(41-7)36(5,6)30-18-11-13-20-32(30)40(37)26-9-2/h10-13,17-24H,8-9,14-16,25-26H2,1-7H3. The van der Waals surface area contributed by atoms with Gasteiger partial charge in [-0.3, -0.25) is 0 Å². The number of ether oxygens (including phenoxy) is 1. The molecule has 1 atom stereocenters. The molecule has 1 unspecified atom stereocenters. The minimum Gasteiger partial charge on any atom is -0.354 e. The first kappa shape index (κ1) is 29.7. The lowest BCUT2D eigenvalue weighted by Crippen LogP contribution is -2.56. The third-order valence-corrected chi connectivity index (χ3v) is 10.1. The summed E-state index contributed by atoms with van der Waals surface area (Å²) in [6, 6.07) is 17.6. The van der Waals surface area contributed by atoms with Crippen molar-refractivity contribution in [3.63, 3.8) is 0 Å². The summed E-state index contributed by atoms with van der Waals surface area (Å²) in [4.78, 5) is 4.94. The number of rotatable bonds is 8. The van der Waals surface area contributed by atoms with Gasteiger partial charge < -0.3 is 14.5 Å². The van der Waals surface area contributed by atoms with Crippen molar-refractivity contribution >= 4 is 23.0 Å². The van der Waals surface area contributed by atoms with Gasteiger partial charge in [-0.05, 0) is 78.7 Å². The van der Waals surface area contributed by atoms with Crippen molar-refractivity contribution in [2.75, 3.05) is 30.0 Å². The summed E-state index contributed by atoms with van der Waals surface area (Å²) in [5.74, 6) is 0. The molecule has 0 fully saturated rings. The fourth-order valence-corrected chi connectivity index (χ4v) is 7.71. The number of fused-ring (bicyclic) bond motifs is 2. The zero-order chi connectivity index (χ0) is 29.4. The van der Waals surface area contributed by atoms with E-state index >= 15 is 0 Å². The average molecular weight is 571 g/mol. The lowest BCUT2D eigenvalue weighted by Gasteiger charge is -2.44. The maximum atomic E-state index is 7.19. The van der Waals surface area contributed by atoms with E-state index in [1.165, 1.54) is 39.3 Å². The molecule has 0 radical (unpaired) electrons. The van der Waals surface area contributed by atoms with Crippen LogP contribution in [0.4, 0.5) is 11.4 Å². The van der Waals surface area contributed by atoms with E-state index in [9.17, 15) is 0 Å². The monoisotopic (exact) mass is 570 g/mol. The molecule has 0 saturated heterocycles. The van der Waals surface area contributed by atoms with Gasteiger partial charge in [-0.1, -0.05) is 102 Å². The number of anilines is 2. The zero-order valence-electron chi connectivity index (χ0n) is 26.1. The van der Waals surface area contributed by atoms with Crippen LogP contribution >= 0.6 is 11.6 Å². The van der Waals surface area contributed by atoms with Crippen LogP contribution < -0.4 is 9.80 Å². The van der Waals surface area contributed by atoms with Gasteiger partial charge in [0.25, 0.3) is 0 Å². The van der Waals surface area contributed by atoms with Gasteiger partial charge in [-0.2, -0.15) is 0 Å². The molecule has 3 aliphatic rings. The summed E-state index contributed by atoms with van der Waals surface area (Å²) in [6.07, 6.45) is 14.4. The summed E-state index contributed by atoms with van der Waals surface area (Å²) >= 11 is 7.19. The lowest BCUT2D eigenvalue weighted by molar-refractivity contribution is -0.0164. The van der Waals surface area contributed by atoms with Crippen molar-refractivity contribution in [3.8, 4) is 0 Å². The summed E-state index contributed by atoms with van der Waals surface area (Å²) < 4.78 is 6.46. The molecule has 2 heterocycles. The number of halogens is 1. The second-order valence-electron chi connectivity index (χ2n) is 12.8. The van der Waals surface area contributed by atoms with E-state index in [0.29, 0.717) is 0 Å². The molecule has 0 saturated carbocycles. The Morgan fingerprint density at radius 1 is 0.854 bits per heavy atom. The van der Waals surface area contributed by atoms with Gasteiger partial charge in [0.2, 0.25) is 0 Å². The van der Waals surface area contributed by atoms with Crippen LogP contribution in [0.1, 0.15) is 84.8 Å². The third kappa shape index (κ3) is 4.79. The highest BCUT2D eigenvalue weighted by Crippen LogP contribution is 2.53. The number of allylic oxidation sites excluding steroid dienone is 7. The second kappa shape index (κ2) is 11.5. The normalized spacial score (nSPS) is 25.1. The van der Waals surface area contributed by atoms with E-state index in [-0.39, 0.29) is 10.8 Å². The van der Waals surface area contributed by atoms with E-state index in [1.54, 1.807) is 0 Å². The highest BCUT2D eigenvalue weighted by atomic mass is 35.5. The smallest absolute Gasteiger partial charge is 0.169 e. The maximum Gasteiger partial charge on any atom is 0.169 e. The molecule has 0 N–H and O–H groups in total. The van der Waals surface area contributed by atoms with Crippen molar-refractivity contribution in [3.05, 3.63) is 106 Å². The van der Waals surface area contributed by atoms with Gasteiger partial charge in [0.1, 0.15) is 0 Å². The SMILES string of the molecule is CCCN1C(=CC=C2CCCC(C=CC3(OC)N(CCC)c4ccccc4C3(C)C)=C2Cl)C(C)(C)c2ccccc21. The van der Waals surface area contributed by atoms with Gasteiger partial charge in [-0.25, -0.2) is 0 Å². The molecule has 41 heavy (non-hydrogen) atoms. The molecule has 0 amide bonds. The van der Waals surface area contributed by atoms with Crippen LogP contribution in [-0.4, -0.2) is 25.9 Å². The summed E-state index contributed by atoms with van der Waals surface area (Å²) in [7, 11) is 1.85. The number of para-hydroxylation sites is 2. The summed E-state index contributed by atoms with van der Waals surface area (Å²) in [6.45, 7) is 15.7. The predicted octanol–water partition coefficient (Wildman–Crippen LogP) is 9.79. The van der Waals surface area contributed by atoms with E-state index in [1.807, 2.05) is 7.11 Å². The third-order valence-electron chi connectivity index (χ3n) is 9.58. The van der Waals surface area contributed by atoms with Gasteiger partial charge in [0.15, 0.2) is 5.72 Å². The zero-order valence-corrected chi connectivity index (χ0v) is 26.8. The fraction of sp³-hybridized carbons (Fsp3) is 0.459. The van der Waals surface area contributed by atoms with E-state index in [2.05, 4.69) is 124 Å². The minimum atomic E-state index is -0.583. The van der Waals surface area contributed by atoms with E-state index in [4.69, 9.17) is 16.3 Å². The highest BCUT2D eigenvalue weighted by molar-refractivity contribution is 6.32. The first-order chi connectivity index (χ1) is 19.6. The van der Waals surface area contributed by atoms with E-state index in [0.717, 1.165) is 50.2 Å². The highest BCUT2D eigenvalue weighted by Gasteiger charge is 2.55. The Labute approximate surface area is 253 Å². The van der Waals surface area contributed by atoms with E-state index < -0.39 is 5.72 Å². The predicted molar refractivity (Wildman–Crippen MR) is 176 cm³/mol. The van der Waals surface area contributed by atoms with Crippen molar-refractivity contribution in [1.29, 1.82) is 0 Å². The topological polar surface area (TPSA) is 15.7 Å². The van der Waals surface area contributed by atoms with Crippen molar-refractivity contribution in [2.24, 2.45) is 0 Å². The van der Waals surface area contributed by atoms with Crippen LogP contribution in [0.15, 0.2) is 94.7 Å². The van der Waals surface area contributed by atoms with Crippen LogP contribution in [0, 0.1) is 0 Å². The maximum absolute atomic E-state index is 7.19. The Kier molecular flexibility index (Phi) is 8.34. The number of methoxy groups -OCH3 is 1. The number of hydrogen-bond donors (Lipinski definition) is 0. The quantitative estimate of drug-likeness (QED) is 0.314. The number of nitrogens with zero attached hydrogens (tertiary/aromatic N) is 2. The van der Waals surface area contributed by atoms with Crippen LogP contribution in [0.3, 0.4) is 0 Å². The lowest BCUT2D eigenvalue weighted by atomic mass is 9.77. The molecule has 1 aliphatic carbocycles. The Balaban J connectivity index is 1.51. The van der Waals surface area contributed by atoms with Gasteiger partial charge >= 0.3 is 0 Å². The minimum absolute atomic E-state index is 0.0486. The number of benzene rings is 2. The van der Waals surface area contributed by atoms with Gasteiger partial charge in [0, 0.05) is 53.1 Å². The molecule has 0 bridgehead atoms. The molecule has 2 aliphatic heterocycles. The molecular formula is C37H47ClN2O. The molecule has 5 rings (SSSR count). The van der Waals surface area contributed by atoms with Gasteiger partial charge in [0.05, 0.1) is 0 Å². The average Bonchev–Trinajstić information content (AvgIpc) is 3.29. The largest absolute Gasteiger partial charge is 0.354 e. The van der Waals surface area contributed by atoms with Crippen LogP contribution in [0.2, 0.25) is 0 Å². The molecular weight excluding hydrogens is 524 g/mol. The van der Waals surface area contributed by atoms with Crippen molar-refractivity contribution in [2.45, 2.75) is 90.2 Å². The van der Waals surface area contributed by atoms with Crippen molar-refractivity contribution in [1.82, 2.24) is 0 Å². The van der Waals surface area contributed by atoms with Crippen LogP contribution in [0.5, 0.6) is 0 Å². The van der Waals surface area contributed by atoms with Crippen LogP contribution in [0.25, 0.3) is 0 Å². The first-order valence-corrected chi connectivity index (χ1v) is 15.8. The Hall–Kier alpha value is -2.75. The molecule has 2 aromatic carbocycles. The van der Waals surface area contributed by atoms with Crippen LogP contribution in [-0.2, 0) is 15.6 Å². The summed E-state index contributed by atoms with van der Waals surface area (Å²) in [5, 5.41) is 0.890. The van der Waals surface area contributed by atoms with Gasteiger partial charge in [-0.15, -0.1) is 0 Å². The molecule has 2 aromatic rings.